The second-order valence-electron chi connectivity index (χ2n) is 4.51. The minimum Gasteiger partial charge on any atom is -0.491 e. The van der Waals surface area contributed by atoms with Gasteiger partial charge in [0.1, 0.15) is 24.5 Å². The SMILES string of the molecule is O=C(O)CC[C@H](NC[C@H](O)COc1ccccc1)C(=O)O. The van der Waals surface area contributed by atoms with Crippen molar-refractivity contribution in [1.29, 1.82) is 0 Å². The number of aliphatic carboxylic acids is 2. The Balaban J connectivity index is 2.30. The van der Waals surface area contributed by atoms with Gasteiger partial charge in [0.15, 0.2) is 0 Å². The number of aliphatic hydroxyl groups is 1. The predicted molar refractivity (Wildman–Crippen MR) is 74.2 cm³/mol. The number of para-hydroxylation sites is 1. The van der Waals surface area contributed by atoms with Crippen LogP contribution in [0, 0.1) is 0 Å². The smallest absolute Gasteiger partial charge is 0.320 e. The van der Waals surface area contributed by atoms with Crippen LogP contribution in [0.5, 0.6) is 5.75 Å². The van der Waals surface area contributed by atoms with Crippen molar-refractivity contribution in [2.75, 3.05) is 13.2 Å². The number of hydrogen-bond acceptors (Lipinski definition) is 5. The molecule has 0 spiro atoms. The van der Waals surface area contributed by atoms with Crippen molar-refractivity contribution >= 4 is 11.9 Å². The molecule has 0 heterocycles. The summed E-state index contributed by atoms with van der Waals surface area (Å²) in [5.41, 5.74) is 0. The minimum absolute atomic E-state index is 0.00339. The summed E-state index contributed by atoms with van der Waals surface area (Å²) in [6.07, 6.45) is -1.19. The van der Waals surface area contributed by atoms with E-state index in [2.05, 4.69) is 5.32 Å². The van der Waals surface area contributed by atoms with Gasteiger partial charge in [0.2, 0.25) is 0 Å². The molecule has 1 rings (SSSR count). The molecule has 0 unspecified atom stereocenters. The fraction of sp³-hybridized carbons (Fsp3) is 0.429. The number of hydrogen-bond donors (Lipinski definition) is 4. The number of aliphatic hydroxyl groups excluding tert-OH is 1. The van der Waals surface area contributed by atoms with Gasteiger partial charge in [-0.05, 0) is 18.6 Å². The molecule has 0 amide bonds. The van der Waals surface area contributed by atoms with E-state index in [1.165, 1.54) is 0 Å². The summed E-state index contributed by atoms with van der Waals surface area (Å²) in [7, 11) is 0. The van der Waals surface area contributed by atoms with E-state index in [4.69, 9.17) is 14.9 Å². The average Bonchev–Trinajstić information content (AvgIpc) is 2.45. The second-order valence-corrected chi connectivity index (χ2v) is 4.51. The van der Waals surface area contributed by atoms with Crippen LogP contribution in [0.1, 0.15) is 12.8 Å². The fourth-order valence-electron chi connectivity index (χ4n) is 1.63. The van der Waals surface area contributed by atoms with Gasteiger partial charge in [0, 0.05) is 13.0 Å². The quantitative estimate of drug-likeness (QED) is 0.492. The van der Waals surface area contributed by atoms with Crippen LogP contribution < -0.4 is 10.1 Å². The first-order valence-corrected chi connectivity index (χ1v) is 6.53. The lowest BCUT2D eigenvalue weighted by Gasteiger charge is -2.17. The van der Waals surface area contributed by atoms with Gasteiger partial charge < -0.3 is 25.4 Å². The maximum absolute atomic E-state index is 10.9. The third kappa shape index (κ3) is 7.28. The van der Waals surface area contributed by atoms with Gasteiger partial charge in [0.25, 0.3) is 0 Å². The van der Waals surface area contributed by atoms with Gasteiger partial charge in [-0.2, -0.15) is 0 Å². The summed E-state index contributed by atoms with van der Waals surface area (Å²) in [4.78, 5) is 21.4. The van der Waals surface area contributed by atoms with Crippen LogP contribution in [0.25, 0.3) is 0 Å². The molecule has 0 fully saturated rings. The predicted octanol–water partition coefficient (Wildman–Crippen LogP) is 0.334. The maximum Gasteiger partial charge on any atom is 0.320 e. The molecule has 0 aliphatic rings. The van der Waals surface area contributed by atoms with Crippen LogP contribution in [-0.2, 0) is 9.59 Å². The Morgan fingerprint density at radius 1 is 1.19 bits per heavy atom. The average molecular weight is 297 g/mol. The Labute approximate surface area is 122 Å². The first kappa shape index (κ1) is 16.9. The van der Waals surface area contributed by atoms with Gasteiger partial charge in [-0.15, -0.1) is 0 Å². The Hall–Kier alpha value is -2.12. The van der Waals surface area contributed by atoms with E-state index in [-0.39, 0.29) is 26.0 Å². The fourth-order valence-corrected chi connectivity index (χ4v) is 1.63. The summed E-state index contributed by atoms with van der Waals surface area (Å²) in [5, 5.41) is 29.8. The van der Waals surface area contributed by atoms with Crippen LogP contribution in [0.4, 0.5) is 0 Å². The van der Waals surface area contributed by atoms with E-state index in [1.807, 2.05) is 6.07 Å². The lowest BCUT2D eigenvalue weighted by Crippen LogP contribution is -2.42. The summed E-state index contributed by atoms with van der Waals surface area (Å²) in [6.45, 7) is 0.0195. The number of ether oxygens (including phenoxy) is 1. The number of carboxylic acid groups (broad SMARTS) is 2. The van der Waals surface area contributed by atoms with Crippen LogP contribution >= 0.6 is 0 Å². The van der Waals surface area contributed by atoms with Crippen molar-refractivity contribution < 1.29 is 29.6 Å². The maximum atomic E-state index is 10.9. The molecule has 1 aromatic rings. The number of nitrogens with one attached hydrogen (secondary N) is 1. The molecule has 7 heteroatoms. The Morgan fingerprint density at radius 2 is 1.86 bits per heavy atom. The van der Waals surface area contributed by atoms with E-state index in [9.17, 15) is 14.7 Å². The summed E-state index contributed by atoms with van der Waals surface area (Å²) >= 11 is 0. The van der Waals surface area contributed by atoms with Crippen molar-refractivity contribution in [1.82, 2.24) is 5.32 Å². The molecule has 0 aliphatic carbocycles. The first-order valence-electron chi connectivity index (χ1n) is 6.53. The molecule has 0 bridgehead atoms. The first-order chi connectivity index (χ1) is 9.99. The van der Waals surface area contributed by atoms with Gasteiger partial charge >= 0.3 is 11.9 Å². The summed E-state index contributed by atoms with van der Waals surface area (Å²) in [6, 6.07) is 7.91. The third-order valence-electron chi connectivity index (χ3n) is 2.73. The zero-order valence-corrected chi connectivity index (χ0v) is 11.4. The van der Waals surface area contributed by atoms with E-state index >= 15 is 0 Å². The second kappa shape index (κ2) is 8.93. The molecule has 0 aliphatic heterocycles. The zero-order chi connectivity index (χ0) is 15.7. The van der Waals surface area contributed by atoms with E-state index in [1.54, 1.807) is 24.3 Å². The minimum atomic E-state index is -1.15. The van der Waals surface area contributed by atoms with Crippen LogP contribution in [0.15, 0.2) is 30.3 Å². The molecule has 116 valence electrons. The van der Waals surface area contributed by atoms with Crippen LogP contribution in [-0.4, -0.2) is 52.6 Å². The molecule has 7 nitrogen and oxygen atoms in total. The molecular weight excluding hydrogens is 278 g/mol. The van der Waals surface area contributed by atoms with Gasteiger partial charge in [0.05, 0.1) is 0 Å². The van der Waals surface area contributed by atoms with Crippen molar-refractivity contribution in [2.45, 2.75) is 25.0 Å². The van der Waals surface area contributed by atoms with Crippen LogP contribution in [0.2, 0.25) is 0 Å². The molecule has 2 atom stereocenters. The van der Waals surface area contributed by atoms with Gasteiger partial charge in [-0.25, -0.2) is 0 Å². The molecule has 0 saturated heterocycles. The molecular formula is C14H19NO6. The summed E-state index contributed by atoms with van der Waals surface area (Å²) < 4.78 is 5.33. The van der Waals surface area contributed by atoms with Gasteiger partial charge in [-0.1, -0.05) is 18.2 Å². The third-order valence-corrected chi connectivity index (χ3v) is 2.73. The number of benzene rings is 1. The number of carbonyl (C=O) groups is 2. The number of carboxylic acids is 2. The molecule has 0 radical (unpaired) electrons. The highest BCUT2D eigenvalue weighted by Gasteiger charge is 2.19. The molecule has 21 heavy (non-hydrogen) atoms. The molecule has 1 aromatic carbocycles. The molecule has 0 saturated carbocycles. The van der Waals surface area contributed by atoms with E-state index in [0.29, 0.717) is 5.75 Å². The van der Waals surface area contributed by atoms with Crippen molar-refractivity contribution in [3.8, 4) is 5.75 Å². The van der Waals surface area contributed by atoms with E-state index < -0.39 is 24.1 Å². The van der Waals surface area contributed by atoms with Gasteiger partial charge in [-0.3, -0.25) is 9.59 Å². The monoisotopic (exact) mass is 297 g/mol. The normalized spacial score (nSPS) is 13.4. The molecule has 0 aromatic heterocycles. The van der Waals surface area contributed by atoms with Crippen LogP contribution in [0.3, 0.4) is 0 Å². The Kier molecular flexibility index (Phi) is 7.20. The highest BCUT2D eigenvalue weighted by molar-refractivity contribution is 5.75. The molecule has 4 N–H and O–H groups in total. The Morgan fingerprint density at radius 3 is 2.43 bits per heavy atom. The lowest BCUT2D eigenvalue weighted by atomic mass is 10.1. The highest BCUT2D eigenvalue weighted by atomic mass is 16.5. The highest BCUT2D eigenvalue weighted by Crippen LogP contribution is 2.08. The summed E-state index contributed by atoms with van der Waals surface area (Å²) in [5.74, 6) is -1.60. The largest absolute Gasteiger partial charge is 0.491 e. The standard InChI is InChI=1S/C14H19NO6/c16-10(9-21-11-4-2-1-3-5-11)8-15-12(14(19)20)6-7-13(17)18/h1-5,10,12,15-16H,6-9H2,(H,17,18)(H,19,20)/t10-,12-/m0/s1. The Bertz CT molecular complexity index is 450. The lowest BCUT2D eigenvalue weighted by molar-refractivity contribution is -0.140. The van der Waals surface area contributed by atoms with Crippen molar-refractivity contribution in [3.63, 3.8) is 0 Å². The van der Waals surface area contributed by atoms with Crippen molar-refractivity contribution in [2.24, 2.45) is 0 Å². The van der Waals surface area contributed by atoms with Crippen molar-refractivity contribution in [3.05, 3.63) is 30.3 Å². The number of rotatable bonds is 10. The topological polar surface area (TPSA) is 116 Å². The van der Waals surface area contributed by atoms with E-state index in [0.717, 1.165) is 0 Å². The zero-order valence-electron chi connectivity index (χ0n) is 11.4.